The Balaban J connectivity index is 1.37. The van der Waals surface area contributed by atoms with Crippen LogP contribution < -0.4 is 0 Å². The quantitative estimate of drug-likeness (QED) is 0.811. The number of hydrogen-bond acceptors (Lipinski definition) is 4. The molecule has 0 aromatic carbocycles. The van der Waals surface area contributed by atoms with Gasteiger partial charge < -0.3 is 9.47 Å². The molecule has 3 heterocycles. The summed E-state index contributed by atoms with van der Waals surface area (Å²) in [7, 11) is 0. The Morgan fingerprint density at radius 2 is 1.65 bits per heavy atom. The van der Waals surface area contributed by atoms with Crippen molar-refractivity contribution in [1.29, 1.82) is 0 Å². The number of piperidine rings is 1. The summed E-state index contributed by atoms with van der Waals surface area (Å²) in [5.41, 5.74) is 0. The van der Waals surface area contributed by atoms with E-state index in [1.807, 2.05) is 0 Å². The molecule has 6 nitrogen and oxygen atoms in total. The summed E-state index contributed by atoms with van der Waals surface area (Å²) in [4.78, 5) is 17.3. The number of amides is 1. The topological polar surface area (TPSA) is 54.3 Å². The van der Waals surface area contributed by atoms with Gasteiger partial charge in [0.1, 0.15) is 11.6 Å². The van der Waals surface area contributed by atoms with Crippen LogP contribution in [0.15, 0.2) is 0 Å². The first-order chi connectivity index (χ1) is 12.8. The number of nitrogens with zero attached hydrogens (tertiary/aromatic N) is 5. The molecule has 6 heteroatoms. The minimum absolute atomic E-state index is 0.304. The van der Waals surface area contributed by atoms with Gasteiger partial charge in [-0.25, -0.2) is 0 Å². The van der Waals surface area contributed by atoms with Gasteiger partial charge in [0.15, 0.2) is 0 Å². The zero-order valence-corrected chi connectivity index (χ0v) is 16.2. The molecule has 1 aromatic rings. The van der Waals surface area contributed by atoms with Gasteiger partial charge in [-0.3, -0.25) is 9.69 Å². The Morgan fingerprint density at radius 1 is 0.962 bits per heavy atom. The molecular weight excluding hydrogens is 326 g/mol. The van der Waals surface area contributed by atoms with Gasteiger partial charge in [-0.1, -0.05) is 12.8 Å². The highest BCUT2D eigenvalue weighted by Gasteiger charge is 2.32. The van der Waals surface area contributed by atoms with Crippen LogP contribution >= 0.6 is 0 Å². The van der Waals surface area contributed by atoms with Gasteiger partial charge in [0.2, 0.25) is 5.91 Å². The molecule has 1 aromatic heterocycles. The molecule has 144 valence electrons. The Kier molecular flexibility index (Phi) is 5.57. The van der Waals surface area contributed by atoms with E-state index >= 15 is 0 Å². The Morgan fingerprint density at radius 3 is 2.31 bits per heavy atom. The van der Waals surface area contributed by atoms with Crippen LogP contribution in [0.5, 0.6) is 0 Å². The minimum atomic E-state index is 0.304. The van der Waals surface area contributed by atoms with Crippen molar-refractivity contribution in [3.05, 3.63) is 11.6 Å². The van der Waals surface area contributed by atoms with Crippen LogP contribution in [0.3, 0.4) is 0 Å². The Bertz CT molecular complexity index is 608. The normalized spacial score (nSPS) is 23.2. The molecule has 1 aliphatic carbocycles. The molecule has 2 saturated heterocycles. The lowest BCUT2D eigenvalue weighted by Crippen LogP contribution is -2.41. The molecule has 0 atom stereocenters. The van der Waals surface area contributed by atoms with Crippen molar-refractivity contribution in [2.24, 2.45) is 5.92 Å². The largest absolute Gasteiger partial charge is 0.342 e. The van der Waals surface area contributed by atoms with Crippen LogP contribution in [0.1, 0.15) is 75.9 Å². The minimum Gasteiger partial charge on any atom is -0.342 e. The van der Waals surface area contributed by atoms with Crippen molar-refractivity contribution in [2.45, 2.75) is 77.3 Å². The lowest BCUT2D eigenvalue weighted by Gasteiger charge is -2.33. The second-order valence-corrected chi connectivity index (χ2v) is 8.28. The average Bonchev–Trinajstić information content (AvgIpc) is 3.43. The van der Waals surface area contributed by atoms with E-state index in [9.17, 15) is 4.79 Å². The standard InChI is InChI=1S/C20H33N5O/c1-2-25-18(15-23-11-5-6-12-23)21-22-19(25)16-9-13-24(14-10-16)20(26)17-7-3-4-8-17/h16-17H,2-15H2,1H3. The van der Waals surface area contributed by atoms with E-state index in [1.54, 1.807) is 0 Å². The van der Waals surface area contributed by atoms with Crippen molar-refractivity contribution in [3.8, 4) is 0 Å². The molecular formula is C20H33N5O. The van der Waals surface area contributed by atoms with Crippen LogP contribution in [0, 0.1) is 5.92 Å². The monoisotopic (exact) mass is 359 g/mol. The number of carbonyl (C=O) groups excluding carboxylic acids is 1. The fraction of sp³-hybridized carbons (Fsp3) is 0.850. The van der Waals surface area contributed by atoms with E-state index in [4.69, 9.17) is 0 Å². The van der Waals surface area contributed by atoms with E-state index in [1.165, 1.54) is 38.8 Å². The number of rotatable bonds is 5. The van der Waals surface area contributed by atoms with Crippen molar-refractivity contribution < 1.29 is 4.79 Å². The molecule has 3 fully saturated rings. The van der Waals surface area contributed by atoms with Gasteiger partial charge in [0.05, 0.1) is 6.54 Å². The van der Waals surface area contributed by atoms with E-state index in [-0.39, 0.29) is 0 Å². The van der Waals surface area contributed by atoms with Crippen molar-refractivity contribution >= 4 is 5.91 Å². The fourth-order valence-corrected chi connectivity index (χ4v) is 5.04. The van der Waals surface area contributed by atoms with Crippen molar-refractivity contribution in [2.75, 3.05) is 26.2 Å². The van der Waals surface area contributed by atoms with E-state index in [0.717, 1.165) is 63.5 Å². The predicted octanol–water partition coefficient (Wildman–Crippen LogP) is 2.79. The first kappa shape index (κ1) is 18.0. The first-order valence-electron chi connectivity index (χ1n) is 10.7. The molecule has 1 saturated carbocycles. The van der Waals surface area contributed by atoms with Gasteiger partial charge in [-0.15, -0.1) is 10.2 Å². The van der Waals surface area contributed by atoms with E-state index in [0.29, 0.717) is 17.7 Å². The predicted molar refractivity (Wildman–Crippen MR) is 101 cm³/mol. The average molecular weight is 360 g/mol. The zero-order chi connectivity index (χ0) is 17.9. The number of likely N-dealkylation sites (tertiary alicyclic amines) is 2. The zero-order valence-electron chi connectivity index (χ0n) is 16.2. The third-order valence-corrected chi connectivity index (χ3v) is 6.61. The van der Waals surface area contributed by atoms with Gasteiger partial charge in [-0.05, 0) is 58.5 Å². The van der Waals surface area contributed by atoms with Gasteiger partial charge >= 0.3 is 0 Å². The van der Waals surface area contributed by atoms with E-state index < -0.39 is 0 Å². The molecule has 26 heavy (non-hydrogen) atoms. The summed E-state index contributed by atoms with van der Waals surface area (Å²) >= 11 is 0. The molecule has 3 aliphatic rings. The van der Waals surface area contributed by atoms with Crippen LogP contribution in [0.4, 0.5) is 0 Å². The third-order valence-electron chi connectivity index (χ3n) is 6.61. The maximum absolute atomic E-state index is 12.7. The van der Waals surface area contributed by atoms with Crippen molar-refractivity contribution in [1.82, 2.24) is 24.6 Å². The van der Waals surface area contributed by atoms with Crippen LogP contribution in [-0.2, 0) is 17.9 Å². The highest BCUT2D eigenvalue weighted by atomic mass is 16.2. The fourth-order valence-electron chi connectivity index (χ4n) is 5.04. The number of hydrogen-bond donors (Lipinski definition) is 0. The molecule has 4 rings (SSSR count). The second kappa shape index (κ2) is 8.07. The smallest absolute Gasteiger partial charge is 0.225 e. The molecule has 0 spiro atoms. The summed E-state index contributed by atoms with van der Waals surface area (Å²) in [6, 6.07) is 0. The molecule has 1 amide bonds. The molecule has 0 radical (unpaired) electrons. The summed E-state index contributed by atoms with van der Waals surface area (Å²) in [5.74, 6) is 3.43. The van der Waals surface area contributed by atoms with Gasteiger partial charge in [-0.2, -0.15) is 0 Å². The molecule has 2 aliphatic heterocycles. The van der Waals surface area contributed by atoms with Gasteiger partial charge in [0.25, 0.3) is 0 Å². The maximum atomic E-state index is 12.7. The van der Waals surface area contributed by atoms with E-state index in [2.05, 4.69) is 31.5 Å². The lowest BCUT2D eigenvalue weighted by atomic mass is 9.94. The lowest BCUT2D eigenvalue weighted by molar-refractivity contribution is -0.136. The Labute approximate surface area is 156 Å². The third kappa shape index (κ3) is 3.66. The molecule has 0 bridgehead atoms. The SMILES string of the molecule is CCn1c(CN2CCCC2)nnc1C1CCN(C(=O)C2CCCC2)CC1. The number of carbonyl (C=O) groups is 1. The number of aromatic nitrogens is 3. The van der Waals surface area contributed by atoms with Crippen LogP contribution in [-0.4, -0.2) is 56.7 Å². The maximum Gasteiger partial charge on any atom is 0.225 e. The van der Waals surface area contributed by atoms with Crippen LogP contribution in [0.2, 0.25) is 0 Å². The van der Waals surface area contributed by atoms with Gasteiger partial charge in [0, 0.05) is 31.5 Å². The highest BCUT2D eigenvalue weighted by Crippen LogP contribution is 2.31. The van der Waals surface area contributed by atoms with Crippen molar-refractivity contribution in [3.63, 3.8) is 0 Å². The summed E-state index contributed by atoms with van der Waals surface area (Å²) < 4.78 is 2.33. The highest BCUT2D eigenvalue weighted by molar-refractivity contribution is 5.79. The second-order valence-electron chi connectivity index (χ2n) is 8.28. The summed E-state index contributed by atoms with van der Waals surface area (Å²) in [6.07, 6.45) is 9.33. The Hall–Kier alpha value is -1.43. The van der Waals surface area contributed by atoms with Crippen LogP contribution in [0.25, 0.3) is 0 Å². The molecule has 0 N–H and O–H groups in total. The summed E-state index contributed by atoms with van der Waals surface area (Å²) in [6.45, 7) is 8.21. The summed E-state index contributed by atoms with van der Waals surface area (Å²) in [5, 5.41) is 9.12. The molecule has 0 unspecified atom stereocenters. The first-order valence-corrected chi connectivity index (χ1v) is 10.7.